The maximum atomic E-state index is 4.42. The summed E-state index contributed by atoms with van der Waals surface area (Å²) in [4.78, 5) is 0. The quantitative estimate of drug-likeness (QED) is 0.531. The highest BCUT2D eigenvalue weighted by Crippen LogP contribution is 2.23. The van der Waals surface area contributed by atoms with Crippen LogP contribution in [0.25, 0.3) is 0 Å². The summed E-state index contributed by atoms with van der Waals surface area (Å²) in [6, 6.07) is 6.74. The topological polar surface area (TPSA) is 15.6 Å². The van der Waals surface area contributed by atoms with Gasteiger partial charge in [0.05, 0.1) is 5.71 Å². The largest absolute Gasteiger partial charge is 0.303 e. The Balaban J connectivity index is 2.30. The van der Waals surface area contributed by atoms with Gasteiger partial charge in [-0.25, -0.2) is 0 Å². The van der Waals surface area contributed by atoms with Crippen molar-refractivity contribution < 1.29 is 0 Å². The highest BCUT2D eigenvalue weighted by atomic mass is 15.4. The average molecular weight is 202 g/mol. The minimum absolute atomic E-state index is 1.09. The second-order valence-electron chi connectivity index (χ2n) is 4.37. The number of hydrazone groups is 1. The van der Waals surface area contributed by atoms with E-state index in [0.29, 0.717) is 0 Å². The fourth-order valence-corrected chi connectivity index (χ4v) is 2.15. The summed E-state index contributed by atoms with van der Waals surface area (Å²) in [5.74, 6) is 0. The molecule has 1 aromatic carbocycles. The van der Waals surface area contributed by atoms with Gasteiger partial charge in [0.2, 0.25) is 0 Å². The van der Waals surface area contributed by atoms with Crippen LogP contribution < -0.4 is 0 Å². The zero-order chi connectivity index (χ0) is 10.8. The second-order valence-corrected chi connectivity index (χ2v) is 4.37. The number of benzene rings is 1. The molecule has 2 rings (SSSR count). The fraction of sp³-hybridized carbons (Fsp3) is 0.462. The molecular formula is C13H18N2. The maximum Gasteiger partial charge on any atom is 0.0646 e. The van der Waals surface area contributed by atoms with Gasteiger partial charge in [-0.1, -0.05) is 12.1 Å². The number of hydrogen-bond acceptors (Lipinski definition) is 2. The molecule has 0 atom stereocenters. The number of rotatable bonds is 2. The Morgan fingerprint density at radius 3 is 2.67 bits per heavy atom. The molecule has 15 heavy (non-hydrogen) atoms. The molecule has 0 spiro atoms. The summed E-state index contributed by atoms with van der Waals surface area (Å²) in [5, 5.41) is 6.27. The van der Waals surface area contributed by atoms with E-state index >= 15 is 0 Å². The molecule has 0 heterocycles. The van der Waals surface area contributed by atoms with Crippen molar-refractivity contribution in [3.8, 4) is 0 Å². The molecule has 0 aromatic heterocycles. The Kier molecular flexibility index (Phi) is 2.76. The summed E-state index contributed by atoms with van der Waals surface area (Å²) in [6.45, 7) is 2.07. The molecule has 0 N–H and O–H groups in total. The molecule has 2 nitrogen and oxygen atoms in total. The van der Waals surface area contributed by atoms with Crippen molar-refractivity contribution in [2.45, 2.75) is 26.2 Å². The molecule has 2 heteroatoms. The smallest absolute Gasteiger partial charge is 0.0646 e. The molecule has 0 fully saturated rings. The van der Waals surface area contributed by atoms with Gasteiger partial charge in [-0.2, -0.15) is 5.10 Å². The van der Waals surface area contributed by atoms with Crippen LogP contribution in [-0.4, -0.2) is 24.8 Å². The fourth-order valence-electron chi connectivity index (χ4n) is 2.15. The summed E-state index contributed by atoms with van der Waals surface area (Å²) in [5.41, 5.74) is 5.39. The molecular weight excluding hydrogens is 184 g/mol. The van der Waals surface area contributed by atoms with Crippen molar-refractivity contribution in [1.29, 1.82) is 0 Å². The van der Waals surface area contributed by atoms with Gasteiger partial charge in [0.1, 0.15) is 0 Å². The van der Waals surface area contributed by atoms with E-state index in [-0.39, 0.29) is 0 Å². The van der Waals surface area contributed by atoms with Crippen LogP contribution in [0.15, 0.2) is 23.3 Å². The van der Waals surface area contributed by atoms with Gasteiger partial charge in [-0.3, -0.25) is 0 Å². The number of nitrogens with zero attached hydrogens (tertiary/aromatic N) is 2. The van der Waals surface area contributed by atoms with Crippen LogP contribution >= 0.6 is 0 Å². The molecule has 0 bridgehead atoms. The van der Waals surface area contributed by atoms with Gasteiger partial charge in [0.15, 0.2) is 0 Å². The predicted molar refractivity (Wildman–Crippen MR) is 64.4 cm³/mol. The van der Waals surface area contributed by atoms with E-state index in [1.165, 1.54) is 36.0 Å². The summed E-state index contributed by atoms with van der Waals surface area (Å²) in [7, 11) is 3.91. The molecule has 0 saturated heterocycles. The minimum Gasteiger partial charge on any atom is -0.303 e. The van der Waals surface area contributed by atoms with Crippen molar-refractivity contribution in [3.05, 3.63) is 34.9 Å². The Morgan fingerprint density at radius 1 is 1.20 bits per heavy atom. The standard InChI is InChI=1S/C13H18N2/c1-10(14-15(2)3)12-8-7-11-5-4-6-13(11)9-12/h7-9H,4-6H2,1-3H3. The molecule has 1 aromatic rings. The van der Waals surface area contributed by atoms with E-state index in [1.54, 1.807) is 0 Å². The first-order valence-electron chi connectivity index (χ1n) is 5.51. The lowest BCUT2D eigenvalue weighted by atomic mass is 10.0. The summed E-state index contributed by atoms with van der Waals surface area (Å²) < 4.78 is 0. The highest BCUT2D eigenvalue weighted by Gasteiger charge is 2.11. The molecule has 0 amide bonds. The lowest BCUT2D eigenvalue weighted by Crippen LogP contribution is -2.07. The monoisotopic (exact) mass is 202 g/mol. The normalized spacial score (nSPS) is 15.3. The van der Waals surface area contributed by atoms with Crippen LogP contribution in [0.3, 0.4) is 0 Å². The van der Waals surface area contributed by atoms with Gasteiger partial charge < -0.3 is 5.01 Å². The lowest BCUT2D eigenvalue weighted by molar-refractivity contribution is 0.438. The molecule has 1 aliphatic carbocycles. The third-order valence-corrected chi connectivity index (χ3v) is 2.87. The molecule has 0 aliphatic heterocycles. The number of aryl methyl sites for hydroxylation is 2. The highest BCUT2D eigenvalue weighted by molar-refractivity contribution is 5.98. The van der Waals surface area contributed by atoms with E-state index in [0.717, 1.165) is 5.71 Å². The Morgan fingerprint density at radius 2 is 1.93 bits per heavy atom. The van der Waals surface area contributed by atoms with Crippen molar-refractivity contribution in [1.82, 2.24) is 5.01 Å². The van der Waals surface area contributed by atoms with Crippen molar-refractivity contribution in [2.24, 2.45) is 5.10 Å². The molecule has 0 saturated carbocycles. The van der Waals surface area contributed by atoms with Crippen LogP contribution in [0.2, 0.25) is 0 Å². The third kappa shape index (κ3) is 2.20. The second kappa shape index (κ2) is 4.05. The van der Waals surface area contributed by atoms with Gasteiger partial charge in [-0.05, 0) is 48.9 Å². The van der Waals surface area contributed by atoms with Gasteiger partial charge in [0, 0.05) is 14.1 Å². The van der Waals surface area contributed by atoms with Crippen LogP contribution in [0.4, 0.5) is 0 Å². The van der Waals surface area contributed by atoms with E-state index in [4.69, 9.17) is 0 Å². The van der Waals surface area contributed by atoms with Crippen molar-refractivity contribution in [3.63, 3.8) is 0 Å². The summed E-state index contributed by atoms with van der Waals surface area (Å²) in [6.07, 6.45) is 3.79. The van der Waals surface area contributed by atoms with Gasteiger partial charge in [-0.15, -0.1) is 0 Å². The van der Waals surface area contributed by atoms with Crippen molar-refractivity contribution >= 4 is 5.71 Å². The van der Waals surface area contributed by atoms with E-state index in [2.05, 4.69) is 30.2 Å². The van der Waals surface area contributed by atoms with Crippen LogP contribution in [0, 0.1) is 0 Å². The summed E-state index contributed by atoms with van der Waals surface area (Å²) >= 11 is 0. The Bertz CT molecular complexity index is 392. The molecule has 80 valence electrons. The average Bonchev–Trinajstić information content (AvgIpc) is 2.62. The zero-order valence-corrected chi connectivity index (χ0v) is 9.75. The van der Waals surface area contributed by atoms with E-state index in [1.807, 2.05) is 19.1 Å². The Labute approximate surface area is 91.6 Å². The molecule has 1 aliphatic rings. The first-order chi connectivity index (χ1) is 7.16. The number of hydrogen-bond donors (Lipinski definition) is 0. The third-order valence-electron chi connectivity index (χ3n) is 2.87. The first-order valence-corrected chi connectivity index (χ1v) is 5.51. The SMILES string of the molecule is CC(=NN(C)C)c1ccc2c(c1)CCC2. The van der Waals surface area contributed by atoms with Crippen LogP contribution in [0.1, 0.15) is 30.0 Å². The first kappa shape index (κ1) is 10.2. The minimum atomic E-state index is 1.09. The van der Waals surface area contributed by atoms with Crippen LogP contribution in [0.5, 0.6) is 0 Å². The molecule has 0 radical (unpaired) electrons. The molecule has 0 unspecified atom stereocenters. The van der Waals surface area contributed by atoms with Gasteiger partial charge >= 0.3 is 0 Å². The number of fused-ring (bicyclic) bond motifs is 1. The Hall–Kier alpha value is -1.31. The van der Waals surface area contributed by atoms with E-state index < -0.39 is 0 Å². The zero-order valence-electron chi connectivity index (χ0n) is 9.75. The predicted octanol–water partition coefficient (Wildman–Crippen LogP) is 2.46. The lowest BCUT2D eigenvalue weighted by Gasteiger charge is -2.08. The van der Waals surface area contributed by atoms with Crippen molar-refractivity contribution in [2.75, 3.05) is 14.1 Å². The van der Waals surface area contributed by atoms with E-state index in [9.17, 15) is 0 Å². The maximum absolute atomic E-state index is 4.42. The van der Waals surface area contributed by atoms with Gasteiger partial charge in [0.25, 0.3) is 0 Å². The van der Waals surface area contributed by atoms with Crippen LogP contribution in [-0.2, 0) is 12.8 Å².